The second-order valence-corrected chi connectivity index (χ2v) is 7.15. The number of halogens is 2. The van der Waals surface area contributed by atoms with Crippen molar-refractivity contribution in [3.63, 3.8) is 0 Å². The highest BCUT2D eigenvalue weighted by atomic mass is 35.5. The molecule has 0 amide bonds. The van der Waals surface area contributed by atoms with Crippen LogP contribution in [0.4, 0.5) is 4.39 Å². The zero-order valence-corrected chi connectivity index (χ0v) is 16.8. The highest BCUT2D eigenvalue weighted by molar-refractivity contribution is 7.98. The zero-order valence-electron chi connectivity index (χ0n) is 15.3. The number of hydrogen-bond donors (Lipinski definition) is 0. The Kier molecular flexibility index (Phi) is 6.95. The predicted molar refractivity (Wildman–Crippen MR) is 109 cm³/mol. The Balaban J connectivity index is 1.69. The molecule has 0 aliphatic heterocycles. The maximum absolute atomic E-state index is 13.3. The average Bonchev–Trinajstić information content (AvgIpc) is 3.09. The number of hydrogen-bond acceptors (Lipinski definition) is 5. The van der Waals surface area contributed by atoms with Gasteiger partial charge in [-0.1, -0.05) is 41.6 Å². The Morgan fingerprint density at radius 1 is 1.21 bits per heavy atom. The summed E-state index contributed by atoms with van der Waals surface area (Å²) in [5.41, 5.74) is 1.12. The van der Waals surface area contributed by atoms with E-state index in [2.05, 4.69) is 16.8 Å². The summed E-state index contributed by atoms with van der Waals surface area (Å²) < 4.78 is 26.1. The molecule has 0 bridgehead atoms. The van der Waals surface area contributed by atoms with Gasteiger partial charge in [-0.2, -0.15) is 0 Å². The first-order chi connectivity index (χ1) is 13.6. The van der Waals surface area contributed by atoms with E-state index in [1.165, 1.54) is 18.2 Å². The van der Waals surface area contributed by atoms with Crippen LogP contribution in [0.3, 0.4) is 0 Å². The molecular formula is C20H19ClFN3O2S. The van der Waals surface area contributed by atoms with Gasteiger partial charge in [0.2, 0.25) is 0 Å². The van der Waals surface area contributed by atoms with Crippen LogP contribution in [0.2, 0.25) is 5.02 Å². The maximum Gasteiger partial charge on any atom is 0.191 e. The van der Waals surface area contributed by atoms with E-state index in [1.54, 1.807) is 24.9 Å². The Morgan fingerprint density at radius 2 is 2.07 bits per heavy atom. The quantitative estimate of drug-likeness (QED) is 0.355. The van der Waals surface area contributed by atoms with E-state index in [4.69, 9.17) is 21.1 Å². The molecule has 0 radical (unpaired) electrons. The third-order valence-corrected chi connectivity index (χ3v) is 5.19. The van der Waals surface area contributed by atoms with Crippen LogP contribution >= 0.6 is 23.4 Å². The molecular weight excluding hydrogens is 401 g/mol. The van der Waals surface area contributed by atoms with Crippen molar-refractivity contribution in [2.75, 3.05) is 7.11 Å². The van der Waals surface area contributed by atoms with Gasteiger partial charge < -0.3 is 9.47 Å². The molecule has 1 heterocycles. The van der Waals surface area contributed by atoms with Crippen molar-refractivity contribution in [2.24, 2.45) is 0 Å². The van der Waals surface area contributed by atoms with Crippen LogP contribution in [0, 0.1) is 5.82 Å². The fourth-order valence-corrected chi connectivity index (χ4v) is 3.55. The van der Waals surface area contributed by atoms with Gasteiger partial charge in [-0.05, 0) is 29.8 Å². The van der Waals surface area contributed by atoms with E-state index in [-0.39, 0.29) is 11.6 Å². The number of methoxy groups -OCH3 is 1. The van der Waals surface area contributed by atoms with Crippen LogP contribution in [-0.2, 0) is 18.9 Å². The topological polar surface area (TPSA) is 49.2 Å². The fourth-order valence-electron chi connectivity index (χ4n) is 2.47. The van der Waals surface area contributed by atoms with Crippen molar-refractivity contribution >= 4 is 23.4 Å². The first kappa shape index (κ1) is 20.2. The molecule has 2 aromatic carbocycles. The van der Waals surface area contributed by atoms with E-state index >= 15 is 0 Å². The number of ether oxygens (including phenoxy) is 2. The lowest BCUT2D eigenvalue weighted by atomic mass is 10.2. The first-order valence-electron chi connectivity index (χ1n) is 8.47. The van der Waals surface area contributed by atoms with Crippen LogP contribution < -0.4 is 9.47 Å². The summed E-state index contributed by atoms with van der Waals surface area (Å²) in [5.74, 6) is 2.16. The lowest BCUT2D eigenvalue weighted by molar-refractivity contribution is 0.288. The van der Waals surface area contributed by atoms with E-state index in [0.29, 0.717) is 18.1 Å². The summed E-state index contributed by atoms with van der Waals surface area (Å²) >= 11 is 7.35. The summed E-state index contributed by atoms with van der Waals surface area (Å²) in [6.45, 7) is 4.53. The van der Waals surface area contributed by atoms with Gasteiger partial charge in [-0.15, -0.1) is 16.8 Å². The maximum atomic E-state index is 13.3. The molecule has 0 saturated carbocycles. The Bertz CT molecular complexity index is 964. The average molecular weight is 420 g/mol. The normalized spacial score (nSPS) is 10.7. The minimum atomic E-state index is -0.486. The molecule has 28 heavy (non-hydrogen) atoms. The van der Waals surface area contributed by atoms with E-state index in [0.717, 1.165) is 22.2 Å². The molecule has 146 valence electrons. The van der Waals surface area contributed by atoms with Gasteiger partial charge in [0.05, 0.1) is 12.1 Å². The van der Waals surface area contributed by atoms with Crippen molar-refractivity contribution in [3.05, 3.63) is 77.3 Å². The third kappa shape index (κ3) is 5.05. The highest BCUT2D eigenvalue weighted by Crippen LogP contribution is 2.25. The fraction of sp³-hybridized carbons (Fsp3) is 0.200. The second kappa shape index (κ2) is 9.61. The predicted octanol–water partition coefficient (Wildman–Crippen LogP) is 5.14. The molecule has 0 fully saturated rings. The van der Waals surface area contributed by atoms with Crippen molar-refractivity contribution in [3.8, 4) is 11.5 Å². The summed E-state index contributed by atoms with van der Waals surface area (Å²) in [6.07, 6.45) is 1.78. The van der Waals surface area contributed by atoms with Crippen molar-refractivity contribution in [1.82, 2.24) is 14.8 Å². The van der Waals surface area contributed by atoms with Gasteiger partial charge in [0.1, 0.15) is 23.9 Å². The van der Waals surface area contributed by atoms with Crippen LogP contribution in [0.5, 0.6) is 11.5 Å². The molecule has 3 rings (SSSR count). The Labute approximate surface area is 172 Å². The van der Waals surface area contributed by atoms with E-state index < -0.39 is 5.82 Å². The molecule has 0 N–H and O–H groups in total. The third-order valence-electron chi connectivity index (χ3n) is 3.87. The second-order valence-electron chi connectivity index (χ2n) is 5.80. The van der Waals surface area contributed by atoms with Crippen LogP contribution in [0.25, 0.3) is 0 Å². The number of rotatable bonds is 9. The van der Waals surface area contributed by atoms with Crippen LogP contribution in [0.1, 0.15) is 11.4 Å². The number of benzene rings is 2. The SMILES string of the molecule is C=CCn1c(COc2ccc(F)c(Cl)c2)nnc1SCc1cccc(OC)c1. The minimum absolute atomic E-state index is 0.0135. The van der Waals surface area contributed by atoms with E-state index in [1.807, 2.05) is 28.8 Å². The van der Waals surface area contributed by atoms with Gasteiger partial charge in [0.15, 0.2) is 11.0 Å². The molecule has 1 aromatic heterocycles. The molecule has 0 saturated heterocycles. The van der Waals surface area contributed by atoms with E-state index in [9.17, 15) is 4.39 Å². The molecule has 0 unspecified atom stereocenters. The van der Waals surface area contributed by atoms with Crippen LogP contribution in [0.15, 0.2) is 60.3 Å². The van der Waals surface area contributed by atoms with Gasteiger partial charge in [0, 0.05) is 18.4 Å². The molecule has 5 nitrogen and oxygen atoms in total. The van der Waals surface area contributed by atoms with Gasteiger partial charge in [-0.3, -0.25) is 4.57 Å². The number of nitrogens with zero attached hydrogens (tertiary/aromatic N) is 3. The summed E-state index contributed by atoms with van der Waals surface area (Å²) in [4.78, 5) is 0. The lowest BCUT2D eigenvalue weighted by Crippen LogP contribution is -2.07. The summed E-state index contributed by atoms with van der Waals surface area (Å²) in [6, 6.07) is 12.1. The van der Waals surface area contributed by atoms with Gasteiger partial charge in [-0.25, -0.2) is 4.39 Å². The van der Waals surface area contributed by atoms with Gasteiger partial charge >= 0.3 is 0 Å². The first-order valence-corrected chi connectivity index (χ1v) is 9.83. The zero-order chi connectivity index (χ0) is 19.9. The monoisotopic (exact) mass is 419 g/mol. The molecule has 0 aliphatic rings. The molecule has 3 aromatic rings. The Hall–Kier alpha value is -2.51. The minimum Gasteiger partial charge on any atom is -0.497 e. The van der Waals surface area contributed by atoms with Crippen molar-refractivity contribution < 1.29 is 13.9 Å². The smallest absolute Gasteiger partial charge is 0.191 e. The standard InChI is InChI=1S/C20H19ClFN3O2S/c1-3-9-25-19(12-27-16-7-8-18(22)17(21)11-16)23-24-20(25)28-13-14-5-4-6-15(10-14)26-2/h3-8,10-11H,1,9,12-13H2,2H3. The molecule has 0 aliphatic carbocycles. The van der Waals surface area contributed by atoms with Crippen molar-refractivity contribution in [2.45, 2.75) is 24.1 Å². The van der Waals surface area contributed by atoms with Crippen LogP contribution in [-0.4, -0.2) is 21.9 Å². The molecule has 0 spiro atoms. The van der Waals surface area contributed by atoms with Crippen molar-refractivity contribution in [1.29, 1.82) is 0 Å². The number of allylic oxidation sites excluding steroid dienone is 1. The summed E-state index contributed by atoms with van der Waals surface area (Å²) in [7, 11) is 1.65. The number of thioether (sulfide) groups is 1. The molecule has 0 atom stereocenters. The highest BCUT2D eigenvalue weighted by Gasteiger charge is 2.13. The lowest BCUT2D eigenvalue weighted by Gasteiger charge is -2.10. The summed E-state index contributed by atoms with van der Waals surface area (Å²) in [5, 5.41) is 9.27. The number of aromatic nitrogens is 3. The van der Waals surface area contributed by atoms with Gasteiger partial charge in [0.25, 0.3) is 0 Å². The molecule has 8 heteroatoms. The largest absolute Gasteiger partial charge is 0.497 e. The Morgan fingerprint density at radius 3 is 2.82 bits per heavy atom.